The SMILES string of the molecule is CC(C(=O)NC(CCO)C1CCCCC1)n1cccc1. The fourth-order valence-electron chi connectivity index (χ4n) is 3.15. The molecule has 1 fully saturated rings. The van der Waals surface area contributed by atoms with Crippen LogP contribution in [0.15, 0.2) is 24.5 Å². The van der Waals surface area contributed by atoms with Gasteiger partial charge >= 0.3 is 0 Å². The molecule has 2 unspecified atom stereocenters. The Balaban J connectivity index is 1.94. The first-order chi connectivity index (χ1) is 9.72. The van der Waals surface area contributed by atoms with Gasteiger partial charge in [-0.15, -0.1) is 0 Å². The van der Waals surface area contributed by atoms with Crippen molar-refractivity contribution in [2.75, 3.05) is 6.61 Å². The van der Waals surface area contributed by atoms with Crippen molar-refractivity contribution in [2.24, 2.45) is 5.92 Å². The molecule has 2 N–H and O–H groups in total. The van der Waals surface area contributed by atoms with E-state index < -0.39 is 0 Å². The quantitative estimate of drug-likeness (QED) is 0.840. The number of aromatic nitrogens is 1. The second-order valence-electron chi connectivity index (χ2n) is 5.83. The standard InChI is InChI=1S/C16H26N2O2/c1-13(18-10-5-6-11-18)16(20)17-15(9-12-19)14-7-3-2-4-8-14/h5-6,10-11,13-15,19H,2-4,7-9,12H2,1H3,(H,17,20). The molecule has 2 rings (SSSR count). The molecule has 0 aliphatic heterocycles. The largest absolute Gasteiger partial charge is 0.396 e. The van der Waals surface area contributed by atoms with Crippen molar-refractivity contribution in [2.45, 2.75) is 57.5 Å². The van der Waals surface area contributed by atoms with Crippen molar-refractivity contribution in [3.8, 4) is 0 Å². The normalized spacial score (nSPS) is 19.5. The summed E-state index contributed by atoms with van der Waals surface area (Å²) in [6.45, 7) is 2.05. The molecule has 1 aromatic rings. The minimum atomic E-state index is -0.199. The molecule has 0 spiro atoms. The summed E-state index contributed by atoms with van der Waals surface area (Å²) in [6, 6.07) is 3.77. The van der Waals surface area contributed by atoms with Crippen LogP contribution in [0.2, 0.25) is 0 Å². The molecular formula is C16H26N2O2. The lowest BCUT2D eigenvalue weighted by Gasteiger charge is -2.31. The summed E-state index contributed by atoms with van der Waals surface area (Å²) in [4.78, 5) is 12.4. The van der Waals surface area contributed by atoms with E-state index >= 15 is 0 Å². The summed E-state index contributed by atoms with van der Waals surface area (Å²) in [5, 5.41) is 12.4. The van der Waals surface area contributed by atoms with Crippen LogP contribution in [0.3, 0.4) is 0 Å². The zero-order chi connectivity index (χ0) is 14.4. The zero-order valence-corrected chi connectivity index (χ0v) is 12.3. The number of nitrogens with zero attached hydrogens (tertiary/aromatic N) is 1. The molecule has 0 saturated heterocycles. The minimum Gasteiger partial charge on any atom is -0.396 e. The zero-order valence-electron chi connectivity index (χ0n) is 12.3. The Morgan fingerprint density at radius 2 is 1.95 bits per heavy atom. The van der Waals surface area contributed by atoms with Crippen molar-refractivity contribution < 1.29 is 9.90 Å². The minimum absolute atomic E-state index is 0.0465. The van der Waals surface area contributed by atoms with E-state index in [0.717, 1.165) is 0 Å². The number of aliphatic hydroxyl groups is 1. The second kappa shape index (κ2) is 7.48. The maximum absolute atomic E-state index is 12.4. The second-order valence-corrected chi connectivity index (χ2v) is 5.83. The van der Waals surface area contributed by atoms with E-state index in [0.29, 0.717) is 12.3 Å². The van der Waals surface area contributed by atoms with Gasteiger partial charge in [0.25, 0.3) is 0 Å². The monoisotopic (exact) mass is 278 g/mol. The van der Waals surface area contributed by atoms with E-state index in [2.05, 4.69) is 5.32 Å². The lowest BCUT2D eigenvalue weighted by molar-refractivity contribution is -0.125. The molecule has 1 heterocycles. The maximum atomic E-state index is 12.4. The number of rotatable bonds is 6. The molecule has 2 atom stereocenters. The molecule has 1 aliphatic carbocycles. The average Bonchev–Trinajstić information content (AvgIpc) is 3.01. The molecule has 1 aliphatic rings. The van der Waals surface area contributed by atoms with Gasteiger partial charge in [0.1, 0.15) is 6.04 Å². The van der Waals surface area contributed by atoms with Crippen LogP contribution in [0.5, 0.6) is 0 Å². The molecular weight excluding hydrogens is 252 g/mol. The highest BCUT2D eigenvalue weighted by Gasteiger charge is 2.26. The third kappa shape index (κ3) is 3.85. The van der Waals surface area contributed by atoms with Crippen LogP contribution in [0, 0.1) is 5.92 Å². The van der Waals surface area contributed by atoms with E-state index in [9.17, 15) is 9.90 Å². The predicted octanol–water partition coefficient (Wildman–Crippen LogP) is 2.50. The van der Waals surface area contributed by atoms with Gasteiger partial charge in [-0.2, -0.15) is 0 Å². The summed E-state index contributed by atoms with van der Waals surface area (Å²) in [5.74, 6) is 0.571. The summed E-state index contributed by atoms with van der Waals surface area (Å²) < 4.78 is 1.91. The molecule has 4 heteroatoms. The van der Waals surface area contributed by atoms with Crippen LogP contribution in [0.1, 0.15) is 51.5 Å². The first-order valence-electron chi connectivity index (χ1n) is 7.76. The number of carbonyl (C=O) groups is 1. The van der Waals surface area contributed by atoms with Crippen LogP contribution in [-0.4, -0.2) is 28.2 Å². The van der Waals surface area contributed by atoms with Crippen molar-refractivity contribution in [1.29, 1.82) is 0 Å². The third-order valence-corrected chi connectivity index (χ3v) is 4.44. The van der Waals surface area contributed by atoms with Gasteiger partial charge in [-0.25, -0.2) is 0 Å². The van der Waals surface area contributed by atoms with Gasteiger partial charge in [0.2, 0.25) is 5.91 Å². The highest BCUT2D eigenvalue weighted by atomic mass is 16.3. The van der Waals surface area contributed by atoms with Crippen LogP contribution >= 0.6 is 0 Å². The first-order valence-corrected chi connectivity index (χ1v) is 7.76. The molecule has 1 amide bonds. The number of hydrogen-bond acceptors (Lipinski definition) is 2. The summed E-state index contributed by atoms with van der Waals surface area (Å²) >= 11 is 0. The van der Waals surface area contributed by atoms with Crippen molar-refractivity contribution in [1.82, 2.24) is 9.88 Å². The molecule has 4 nitrogen and oxygen atoms in total. The van der Waals surface area contributed by atoms with Gasteiger partial charge in [0.05, 0.1) is 0 Å². The van der Waals surface area contributed by atoms with Crippen LogP contribution in [0.4, 0.5) is 0 Å². The van der Waals surface area contributed by atoms with Gasteiger partial charge < -0.3 is 15.0 Å². The van der Waals surface area contributed by atoms with Gasteiger partial charge in [0.15, 0.2) is 0 Å². The average molecular weight is 278 g/mol. The predicted molar refractivity (Wildman–Crippen MR) is 79.4 cm³/mol. The van der Waals surface area contributed by atoms with E-state index in [-0.39, 0.29) is 24.6 Å². The lowest BCUT2D eigenvalue weighted by atomic mass is 9.82. The molecule has 1 aromatic heterocycles. The smallest absolute Gasteiger partial charge is 0.242 e. The molecule has 0 radical (unpaired) electrons. The Morgan fingerprint density at radius 1 is 1.30 bits per heavy atom. The van der Waals surface area contributed by atoms with Gasteiger partial charge in [-0.1, -0.05) is 19.3 Å². The van der Waals surface area contributed by atoms with Crippen LogP contribution in [-0.2, 0) is 4.79 Å². The van der Waals surface area contributed by atoms with Crippen LogP contribution < -0.4 is 5.32 Å². The number of aliphatic hydroxyl groups excluding tert-OH is 1. The molecule has 0 bridgehead atoms. The van der Waals surface area contributed by atoms with Crippen LogP contribution in [0.25, 0.3) is 0 Å². The fourth-order valence-corrected chi connectivity index (χ4v) is 3.15. The van der Waals surface area contributed by atoms with E-state index in [1.54, 1.807) is 0 Å². The Bertz CT molecular complexity index is 397. The van der Waals surface area contributed by atoms with E-state index in [4.69, 9.17) is 0 Å². The number of carbonyl (C=O) groups excluding carboxylic acids is 1. The topological polar surface area (TPSA) is 54.3 Å². The molecule has 20 heavy (non-hydrogen) atoms. The van der Waals surface area contributed by atoms with E-state index in [1.807, 2.05) is 36.0 Å². The van der Waals surface area contributed by atoms with Crippen molar-refractivity contribution >= 4 is 5.91 Å². The molecule has 1 saturated carbocycles. The summed E-state index contributed by atoms with van der Waals surface area (Å²) in [7, 11) is 0. The van der Waals surface area contributed by atoms with Crippen molar-refractivity contribution in [3.63, 3.8) is 0 Å². The number of nitrogens with one attached hydrogen (secondary N) is 1. The number of hydrogen-bond donors (Lipinski definition) is 2. The summed E-state index contributed by atoms with van der Waals surface area (Å²) in [6.07, 6.45) is 10.6. The van der Waals surface area contributed by atoms with Gasteiger partial charge in [-0.05, 0) is 44.2 Å². The molecule has 112 valence electrons. The molecule has 0 aromatic carbocycles. The Hall–Kier alpha value is -1.29. The van der Waals surface area contributed by atoms with Gasteiger partial charge in [0, 0.05) is 25.0 Å². The maximum Gasteiger partial charge on any atom is 0.242 e. The Labute approximate surface area is 121 Å². The summed E-state index contributed by atoms with van der Waals surface area (Å²) in [5.41, 5.74) is 0. The highest BCUT2D eigenvalue weighted by molar-refractivity contribution is 5.80. The Morgan fingerprint density at radius 3 is 2.55 bits per heavy atom. The third-order valence-electron chi connectivity index (χ3n) is 4.44. The highest BCUT2D eigenvalue weighted by Crippen LogP contribution is 2.28. The first kappa shape index (κ1) is 15.1. The Kier molecular flexibility index (Phi) is 5.65. The van der Waals surface area contributed by atoms with Crippen molar-refractivity contribution in [3.05, 3.63) is 24.5 Å². The van der Waals surface area contributed by atoms with E-state index in [1.165, 1.54) is 32.1 Å². The number of amides is 1. The van der Waals surface area contributed by atoms with Gasteiger partial charge in [-0.3, -0.25) is 4.79 Å². The fraction of sp³-hybridized carbons (Fsp3) is 0.688. The lowest BCUT2D eigenvalue weighted by Crippen LogP contribution is -2.44.